The normalized spacial score (nSPS) is 17.2. The third-order valence-corrected chi connectivity index (χ3v) is 6.32. The van der Waals surface area contributed by atoms with E-state index in [1.165, 1.54) is 4.31 Å². The molecule has 1 aliphatic rings. The zero-order valence-corrected chi connectivity index (χ0v) is 15.2. The molecule has 6 nitrogen and oxygen atoms in total. The largest absolute Gasteiger partial charge is 0.325 e. The van der Waals surface area contributed by atoms with Gasteiger partial charge in [-0.15, -0.1) is 0 Å². The van der Waals surface area contributed by atoms with Crippen LogP contribution in [-0.4, -0.2) is 30.4 Å². The van der Waals surface area contributed by atoms with Crippen LogP contribution in [0.3, 0.4) is 0 Å². The first kappa shape index (κ1) is 18.1. The Morgan fingerprint density at radius 3 is 2.65 bits per heavy atom. The molecular weight excluding hydrogens is 350 g/mol. The van der Waals surface area contributed by atoms with E-state index in [-0.39, 0.29) is 12.3 Å². The molecule has 0 bridgehead atoms. The summed E-state index contributed by atoms with van der Waals surface area (Å²) < 4.78 is 26.3. The number of carbonyl (C=O) groups is 1. The Hall–Kier alpha value is -2.69. The highest BCUT2D eigenvalue weighted by molar-refractivity contribution is 7.89. The van der Waals surface area contributed by atoms with E-state index in [1.807, 2.05) is 30.3 Å². The summed E-state index contributed by atoms with van der Waals surface area (Å²) >= 11 is 0. The van der Waals surface area contributed by atoms with Crippen molar-refractivity contribution in [3.63, 3.8) is 0 Å². The van der Waals surface area contributed by atoms with E-state index >= 15 is 0 Å². The summed E-state index contributed by atoms with van der Waals surface area (Å²) in [5.74, 6) is -0.463. The van der Waals surface area contributed by atoms with Gasteiger partial charge in [-0.1, -0.05) is 30.3 Å². The Morgan fingerprint density at radius 2 is 1.96 bits per heavy atom. The van der Waals surface area contributed by atoms with Gasteiger partial charge in [-0.25, -0.2) is 8.42 Å². The molecular formula is C19H19N3O3S. The predicted molar refractivity (Wildman–Crippen MR) is 98.7 cm³/mol. The lowest BCUT2D eigenvalue weighted by molar-refractivity contribution is -0.120. The van der Waals surface area contributed by atoms with Crippen LogP contribution in [0.4, 0.5) is 5.69 Å². The van der Waals surface area contributed by atoms with Crippen molar-refractivity contribution in [2.75, 3.05) is 11.1 Å². The minimum atomic E-state index is -3.54. The number of sulfonamides is 1. The lowest BCUT2D eigenvalue weighted by Gasteiger charge is -2.34. The summed E-state index contributed by atoms with van der Waals surface area (Å²) in [5.41, 5.74) is 2.79. The zero-order chi connectivity index (χ0) is 18.7. The average Bonchev–Trinajstić information content (AvgIpc) is 2.67. The summed E-state index contributed by atoms with van der Waals surface area (Å²) in [5, 5.41) is 11.7. The van der Waals surface area contributed by atoms with Crippen molar-refractivity contribution in [2.45, 2.75) is 25.9 Å². The van der Waals surface area contributed by atoms with Crippen LogP contribution in [0.15, 0.2) is 48.5 Å². The first-order chi connectivity index (χ1) is 12.4. The number of nitriles is 1. The molecule has 0 aromatic heterocycles. The van der Waals surface area contributed by atoms with Gasteiger partial charge in [0.1, 0.15) is 6.04 Å². The number of benzene rings is 2. The molecule has 2 aromatic rings. The van der Waals surface area contributed by atoms with Gasteiger partial charge in [0.2, 0.25) is 15.9 Å². The van der Waals surface area contributed by atoms with Crippen LogP contribution in [0.25, 0.3) is 0 Å². The average molecular weight is 369 g/mol. The first-order valence-corrected chi connectivity index (χ1v) is 9.93. The van der Waals surface area contributed by atoms with Gasteiger partial charge in [0.05, 0.1) is 17.4 Å². The van der Waals surface area contributed by atoms with Gasteiger partial charge in [0.25, 0.3) is 0 Å². The molecule has 1 atom stereocenters. The number of rotatable bonds is 4. The maximum atomic E-state index is 12.8. The van der Waals surface area contributed by atoms with Crippen molar-refractivity contribution < 1.29 is 13.2 Å². The van der Waals surface area contributed by atoms with Crippen molar-refractivity contribution in [1.82, 2.24) is 4.31 Å². The molecule has 0 spiro atoms. The number of fused-ring (bicyclic) bond motifs is 1. The van der Waals surface area contributed by atoms with Gasteiger partial charge in [0, 0.05) is 12.2 Å². The molecule has 0 radical (unpaired) electrons. The molecule has 0 saturated carbocycles. The second-order valence-corrected chi connectivity index (χ2v) is 8.33. The minimum absolute atomic E-state index is 0.0666. The maximum Gasteiger partial charge on any atom is 0.243 e. The molecule has 0 aliphatic carbocycles. The standard InChI is InChI=1S/C19H19N3O3S/c1-2-26(24,25)22-13-16-8-4-3-7-15(16)11-18(22)19(23)21-17-9-5-6-14(10-17)12-20/h3-10,18H,2,11,13H2,1H3,(H,21,23)/t18-/m1/s1. The molecule has 0 unspecified atom stereocenters. The molecule has 26 heavy (non-hydrogen) atoms. The van der Waals surface area contributed by atoms with Crippen LogP contribution in [0.5, 0.6) is 0 Å². The Labute approximate surface area is 153 Å². The summed E-state index contributed by atoms with van der Waals surface area (Å²) in [6, 6.07) is 15.3. The molecule has 0 saturated heterocycles. The Balaban J connectivity index is 1.92. The van der Waals surface area contributed by atoms with Crippen LogP contribution in [0.1, 0.15) is 23.6 Å². The number of hydrogen-bond donors (Lipinski definition) is 1. The van der Waals surface area contributed by atoms with Crippen molar-refractivity contribution in [1.29, 1.82) is 5.26 Å². The van der Waals surface area contributed by atoms with Gasteiger partial charge >= 0.3 is 0 Å². The molecule has 1 amide bonds. The van der Waals surface area contributed by atoms with Crippen LogP contribution in [0, 0.1) is 11.3 Å². The first-order valence-electron chi connectivity index (χ1n) is 8.32. The molecule has 0 fully saturated rings. The van der Waals surface area contributed by atoms with E-state index in [4.69, 9.17) is 5.26 Å². The predicted octanol–water partition coefficient (Wildman–Crippen LogP) is 2.27. The van der Waals surface area contributed by atoms with E-state index < -0.39 is 22.0 Å². The Morgan fingerprint density at radius 1 is 1.23 bits per heavy atom. The Bertz CT molecular complexity index is 980. The Kier molecular flexibility index (Phi) is 5.07. The van der Waals surface area contributed by atoms with Gasteiger partial charge < -0.3 is 5.32 Å². The monoisotopic (exact) mass is 369 g/mol. The fourth-order valence-corrected chi connectivity index (χ4v) is 4.30. The maximum absolute atomic E-state index is 12.8. The quantitative estimate of drug-likeness (QED) is 0.895. The van der Waals surface area contributed by atoms with Crippen molar-refractivity contribution in [2.24, 2.45) is 0 Å². The van der Waals surface area contributed by atoms with E-state index in [9.17, 15) is 13.2 Å². The number of nitrogens with zero attached hydrogens (tertiary/aromatic N) is 2. The van der Waals surface area contributed by atoms with Gasteiger partial charge in [0.15, 0.2) is 0 Å². The highest BCUT2D eigenvalue weighted by atomic mass is 32.2. The number of carbonyl (C=O) groups excluding carboxylic acids is 1. The van der Waals surface area contributed by atoms with Crippen molar-refractivity contribution >= 4 is 21.6 Å². The summed E-state index contributed by atoms with van der Waals surface area (Å²) in [4.78, 5) is 12.8. The lowest BCUT2D eigenvalue weighted by atomic mass is 9.95. The fourth-order valence-electron chi connectivity index (χ4n) is 3.07. The smallest absolute Gasteiger partial charge is 0.243 e. The fraction of sp³-hybridized carbons (Fsp3) is 0.263. The summed E-state index contributed by atoms with van der Waals surface area (Å²) in [6.45, 7) is 1.75. The minimum Gasteiger partial charge on any atom is -0.325 e. The number of nitrogens with one attached hydrogen (secondary N) is 1. The van der Waals surface area contributed by atoms with Crippen LogP contribution in [0.2, 0.25) is 0 Å². The molecule has 3 rings (SSSR count). The third-order valence-electron chi connectivity index (χ3n) is 4.49. The van der Waals surface area contributed by atoms with Crippen LogP contribution < -0.4 is 5.32 Å². The van der Waals surface area contributed by atoms with E-state index in [0.717, 1.165) is 11.1 Å². The molecule has 134 valence electrons. The summed E-state index contributed by atoms with van der Waals surface area (Å²) in [7, 11) is -3.54. The second kappa shape index (κ2) is 7.28. The molecule has 1 heterocycles. The zero-order valence-electron chi connectivity index (χ0n) is 14.3. The van der Waals surface area contributed by atoms with E-state index in [1.54, 1.807) is 31.2 Å². The topological polar surface area (TPSA) is 90.3 Å². The van der Waals surface area contributed by atoms with Crippen LogP contribution >= 0.6 is 0 Å². The van der Waals surface area contributed by atoms with Crippen molar-refractivity contribution in [3.8, 4) is 6.07 Å². The molecule has 1 aliphatic heterocycles. The lowest BCUT2D eigenvalue weighted by Crippen LogP contribution is -2.51. The van der Waals surface area contributed by atoms with Crippen molar-refractivity contribution in [3.05, 3.63) is 65.2 Å². The molecule has 1 N–H and O–H groups in total. The summed E-state index contributed by atoms with van der Waals surface area (Å²) in [6.07, 6.45) is 0.319. The second-order valence-electron chi connectivity index (χ2n) is 6.12. The van der Waals surface area contributed by atoms with Gasteiger partial charge in [-0.05, 0) is 42.7 Å². The van der Waals surface area contributed by atoms with E-state index in [0.29, 0.717) is 17.7 Å². The number of hydrogen-bond acceptors (Lipinski definition) is 4. The SMILES string of the molecule is CCS(=O)(=O)N1Cc2ccccc2C[C@@H]1C(=O)Nc1cccc(C#N)c1. The van der Waals surface area contributed by atoms with E-state index in [2.05, 4.69) is 5.32 Å². The molecule has 7 heteroatoms. The number of anilines is 1. The third kappa shape index (κ3) is 3.62. The highest BCUT2D eigenvalue weighted by Crippen LogP contribution is 2.27. The van der Waals surface area contributed by atoms with Gasteiger partial charge in [-0.2, -0.15) is 9.57 Å². The molecule has 2 aromatic carbocycles. The number of amides is 1. The highest BCUT2D eigenvalue weighted by Gasteiger charge is 2.37. The van der Waals surface area contributed by atoms with Crippen LogP contribution in [-0.2, 0) is 27.8 Å². The van der Waals surface area contributed by atoms with Gasteiger partial charge in [-0.3, -0.25) is 4.79 Å².